The molecule has 2 N–H and O–H groups in total. The van der Waals surface area contributed by atoms with Crippen LogP contribution in [0.3, 0.4) is 0 Å². The van der Waals surface area contributed by atoms with Crippen molar-refractivity contribution in [3.8, 4) is 11.3 Å². The van der Waals surface area contributed by atoms with E-state index in [1.165, 1.54) is 0 Å². The molecule has 2 aromatic rings. The van der Waals surface area contributed by atoms with Crippen molar-refractivity contribution in [1.29, 1.82) is 0 Å². The van der Waals surface area contributed by atoms with Gasteiger partial charge in [0.15, 0.2) is 0 Å². The van der Waals surface area contributed by atoms with Gasteiger partial charge in [-0.15, -0.1) is 0 Å². The molecule has 0 saturated carbocycles. The molecular formula is C9H11N5. The molecule has 5 heteroatoms. The lowest BCUT2D eigenvalue weighted by atomic mass is 10.2. The van der Waals surface area contributed by atoms with Crippen LogP contribution in [0, 0.1) is 0 Å². The minimum atomic E-state index is 0.433. The summed E-state index contributed by atoms with van der Waals surface area (Å²) in [6.07, 6.45) is 6.84. The van der Waals surface area contributed by atoms with Crippen molar-refractivity contribution in [2.75, 3.05) is 5.73 Å². The Labute approximate surface area is 81.6 Å². The molecule has 0 unspecified atom stereocenters. The third-order valence-corrected chi connectivity index (χ3v) is 1.96. The Morgan fingerprint density at radius 3 is 2.79 bits per heavy atom. The van der Waals surface area contributed by atoms with Crippen molar-refractivity contribution < 1.29 is 0 Å². The fourth-order valence-electron chi connectivity index (χ4n) is 1.23. The molecule has 0 spiro atoms. The molecule has 0 saturated heterocycles. The van der Waals surface area contributed by atoms with Crippen LogP contribution >= 0.6 is 0 Å². The predicted molar refractivity (Wildman–Crippen MR) is 53.3 cm³/mol. The number of rotatable bonds is 2. The fourth-order valence-corrected chi connectivity index (χ4v) is 1.23. The van der Waals surface area contributed by atoms with Gasteiger partial charge in [0.25, 0.3) is 0 Å². The van der Waals surface area contributed by atoms with E-state index in [2.05, 4.69) is 15.1 Å². The molecule has 14 heavy (non-hydrogen) atoms. The molecule has 0 aliphatic carbocycles. The smallest absolute Gasteiger partial charge is 0.150 e. The zero-order chi connectivity index (χ0) is 9.97. The van der Waals surface area contributed by atoms with E-state index in [9.17, 15) is 0 Å². The van der Waals surface area contributed by atoms with Gasteiger partial charge in [-0.3, -0.25) is 9.67 Å². The molecule has 0 amide bonds. The maximum Gasteiger partial charge on any atom is 0.150 e. The van der Waals surface area contributed by atoms with Crippen LogP contribution in [0.5, 0.6) is 0 Å². The first kappa shape index (κ1) is 8.68. The third kappa shape index (κ3) is 1.44. The van der Waals surface area contributed by atoms with E-state index in [4.69, 9.17) is 5.73 Å². The van der Waals surface area contributed by atoms with Crippen molar-refractivity contribution in [3.05, 3.63) is 24.8 Å². The second kappa shape index (κ2) is 3.45. The van der Waals surface area contributed by atoms with Crippen LogP contribution in [0.1, 0.15) is 6.92 Å². The lowest BCUT2D eigenvalue weighted by Gasteiger charge is -1.98. The second-order valence-electron chi connectivity index (χ2n) is 2.87. The van der Waals surface area contributed by atoms with Crippen LogP contribution in [0.15, 0.2) is 24.8 Å². The van der Waals surface area contributed by atoms with Crippen molar-refractivity contribution in [2.45, 2.75) is 13.5 Å². The molecule has 2 heterocycles. The number of hydrogen-bond donors (Lipinski definition) is 1. The van der Waals surface area contributed by atoms with Crippen LogP contribution in [0.4, 0.5) is 5.82 Å². The maximum absolute atomic E-state index is 5.69. The molecule has 0 radical (unpaired) electrons. The summed E-state index contributed by atoms with van der Waals surface area (Å²) in [5.74, 6) is 0.433. The topological polar surface area (TPSA) is 69.6 Å². The monoisotopic (exact) mass is 189 g/mol. The number of aryl methyl sites for hydroxylation is 1. The van der Waals surface area contributed by atoms with Gasteiger partial charge in [-0.25, -0.2) is 4.98 Å². The fraction of sp³-hybridized carbons (Fsp3) is 0.222. The van der Waals surface area contributed by atoms with Gasteiger partial charge >= 0.3 is 0 Å². The Balaban J connectivity index is 2.44. The Bertz CT molecular complexity index is 434. The lowest BCUT2D eigenvalue weighted by Crippen LogP contribution is -1.95. The number of nitrogens with zero attached hydrogens (tertiary/aromatic N) is 4. The SMILES string of the molecule is CCn1cc(-c2nccnc2N)cn1. The first-order valence-corrected chi connectivity index (χ1v) is 4.40. The van der Waals surface area contributed by atoms with Crippen LogP contribution in [0.25, 0.3) is 11.3 Å². The second-order valence-corrected chi connectivity index (χ2v) is 2.87. The largest absolute Gasteiger partial charge is 0.382 e. The molecule has 0 fully saturated rings. The molecule has 0 aliphatic heterocycles. The van der Waals surface area contributed by atoms with Gasteiger partial charge in [0.1, 0.15) is 11.5 Å². The highest BCUT2D eigenvalue weighted by molar-refractivity contribution is 5.67. The molecule has 72 valence electrons. The van der Waals surface area contributed by atoms with Gasteiger partial charge in [-0.05, 0) is 6.92 Å². The van der Waals surface area contributed by atoms with Crippen LogP contribution < -0.4 is 5.73 Å². The van der Waals surface area contributed by atoms with Crippen molar-refractivity contribution in [3.63, 3.8) is 0 Å². The van der Waals surface area contributed by atoms with E-state index < -0.39 is 0 Å². The molecule has 0 atom stereocenters. The molecule has 5 nitrogen and oxygen atoms in total. The van der Waals surface area contributed by atoms with Crippen molar-refractivity contribution in [2.24, 2.45) is 0 Å². The third-order valence-electron chi connectivity index (χ3n) is 1.96. The van der Waals surface area contributed by atoms with Crippen molar-refractivity contribution in [1.82, 2.24) is 19.7 Å². The van der Waals surface area contributed by atoms with Gasteiger partial charge in [-0.1, -0.05) is 0 Å². The lowest BCUT2D eigenvalue weighted by molar-refractivity contribution is 0.660. The number of anilines is 1. The summed E-state index contributed by atoms with van der Waals surface area (Å²) in [6, 6.07) is 0. The van der Waals surface area contributed by atoms with E-state index in [0.717, 1.165) is 12.1 Å². The Hall–Kier alpha value is -1.91. The quantitative estimate of drug-likeness (QED) is 0.763. The summed E-state index contributed by atoms with van der Waals surface area (Å²) in [6.45, 7) is 2.86. The zero-order valence-electron chi connectivity index (χ0n) is 7.88. The van der Waals surface area contributed by atoms with E-state index in [1.54, 1.807) is 18.6 Å². The zero-order valence-corrected chi connectivity index (χ0v) is 7.88. The summed E-state index contributed by atoms with van der Waals surface area (Å²) >= 11 is 0. The minimum Gasteiger partial charge on any atom is -0.382 e. The number of nitrogen functional groups attached to an aromatic ring is 1. The summed E-state index contributed by atoms with van der Waals surface area (Å²) in [7, 11) is 0. The van der Waals surface area contributed by atoms with Gasteiger partial charge in [0.2, 0.25) is 0 Å². The molecule has 0 aromatic carbocycles. The van der Waals surface area contributed by atoms with Crippen LogP contribution in [-0.4, -0.2) is 19.7 Å². The van der Waals surface area contributed by atoms with Crippen molar-refractivity contribution >= 4 is 5.82 Å². The Morgan fingerprint density at radius 1 is 1.36 bits per heavy atom. The standard InChI is InChI=1S/C9H11N5/c1-2-14-6-7(5-13-14)8-9(10)12-4-3-11-8/h3-6H,2H2,1H3,(H2,10,12). The predicted octanol–water partition coefficient (Wildman–Crippen LogP) is 0.942. The number of hydrogen-bond acceptors (Lipinski definition) is 4. The van der Waals surface area contributed by atoms with E-state index in [1.807, 2.05) is 17.8 Å². The molecule has 2 rings (SSSR count). The van der Waals surface area contributed by atoms with Gasteiger partial charge in [-0.2, -0.15) is 5.10 Å². The first-order chi connectivity index (χ1) is 6.81. The van der Waals surface area contributed by atoms with E-state index in [0.29, 0.717) is 11.5 Å². The average Bonchev–Trinajstić information content (AvgIpc) is 2.67. The molecule has 0 bridgehead atoms. The van der Waals surface area contributed by atoms with Gasteiger partial charge < -0.3 is 5.73 Å². The number of aromatic nitrogens is 4. The average molecular weight is 189 g/mol. The highest BCUT2D eigenvalue weighted by atomic mass is 15.3. The summed E-state index contributed by atoms with van der Waals surface area (Å²) in [5.41, 5.74) is 7.28. The summed E-state index contributed by atoms with van der Waals surface area (Å²) < 4.78 is 1.82. The van der Waals surface area contributed by atoms with Crippen LogP contribution in [-0.2, 0) is 6.54 Å². The van der Waals surface area contributed by atoms with E-state index in [-0.39, 0.29) is 0 Å². The Kier molecular flexibility index (Phi) is 2.14. The minimum absolute atomic E-state index is 0.433. The van der Waals surface area contributed by atoms with Crippen LogP contribution in [0.2, 0.25) is 0 Å². The molecule has 2 aromatic heterocycles. The highest BCUT2D eigenvalue weighted by Gasteiger charge is 2.06. The first-order valence-electron chi connectivity index (χ1n) is 4.40. The van der Waals surface area contributed by atoms with Gasteiger partial charge in [0, 0.05) is 30.7 Å². The molecule has 0 aliphatic rings. The Morgan fingerprint density at radius 2 is 2.14 bits per heavy atom. The van der Waals surface area contributed by atoms with Gasteiger partial charge in [0.05, 0.1) is 6.20 Å². The maximum atomic E-state index is 5.69. The normalized spacial score (nSPS) is 10.4. The van der Waals surface area contributed by atoms with E-state index >= 15 is 0 Å². The highest BCUT2D eigenvalue weighted by Crippen LogP contribution is 2.19. The number of nitrogens with two attached hydrogens (primary N) is 1. The molecular weight excluding hydrogens is 178 g/mol. The summed E-state index contributed by atoms with van der Waals surface area (Å²) in [5, 5.41) is 4.15. The summed E-state index contributed by atoms with van der Waals surface area (Å²) in [4.78, 5) is 8.12.